The summed E-state index contributed by atoms with van der Waals surface area (Å²) in [6.45, 7) is 1.91. The average molecular weight is 432 g/mol. The van der Waals surface area contributed by atoms with E-state index in [1.54, 1.807) is 12.1 Å². The van der Waals surface area contributed by atoms with E-state index in [4.69, 9.17) is 11.6 Å². The van der Waals surface area contributed by atoms with Gasteiger partial charge in [0.2, 0.25) is 10.0 Å². The Hall–Kier alpha value is 0.380. The summed E-state index contributed by atoms with van der Waals surface area (Å²) in [5, 5.41) is 0. The lowest BCUT2D eigenvalue weighted by Gasteiger charge is -2.40. The summed E-state index contributed by atoms with van der Waals surface area (Å²) >= 11 is 12.6. The molecule has 1 aromatic rings. The third kappa shape index (κ3) is 3.18. The summed E-state index contributed by atoms with van der Waals surface area (Å²) in [6, 6.07) is 3.40. The SMILES string of the molecule is Cc1cc(Br)c(S(=O)(=O)NC2(CCl)CCC2)cc1Br. The van der Waals surface area contributed by atoms with Crippen LogP contribution in [0.15, 0.2) is 26.0 Å². The molecule has 0 saturated heterocycles. The number of benzene rings is 1. The molecule has 0 spiro atoms. The van der Waals surface area contributed by atoms with Crippen LogP contribution in [0.1, 0.15) is 24.8 Å². The highest BCUT2D eigenvalue weighted by molar-refractivity contribution is 9.11. The molecule has 1 fully saturated rings. The zero-order chi connectivity index (χ0) is 14.3. The Morgan fingerprint density at radius 3 is 2.42 bits per heavy atom. The van der Waals surface area contributed by atoms with Crippen LogP contribution in [0.2, 0.25) is 0 Å². The van der Waals surface area contributed by atoms with Gasteiger partial charge >= 0.3 is 0 Å². The fourth-order valence-electron chi connectivity index (χ4n) is 2.04. The predicted molar refractivity (Wildman–Crippen MR) is 84.2 cm³/mol. The molecule has 0 aliphatic heterocycles. The molecule has 3 nitrogen and oxygen atoms in total. The standard InChI is InChI=1S/C12H14Br2ClNO2S/c1-8-5-10(14)11(6-9(8)13)19(17,18)16-12(7-15)3-2-4-12/h5-6,16H,2-4,7H2,1H3. The van der Waals surface area contributed by atoms with Crippen molar-refractivity contribution in [2.75, 3.05) is 5.88 Å². The lowest BCUT2D eigenvalue weighted by Crippen LogP contribution is -2.54. The third-order valence-corrected chi connectivity index (χ3v) is 7.32. The first kappa shape index (κ1) is 15.8. The van der Waals surface area contributed by atoms with Crippen LogP contribution in [-0.2, 0) is 10.0 Å². The van der Waals surface area contributed by atoms with Crippen molar-refractivity contribution in [3.63, 3.8) is 0 Å². The van der Waals surface area contributed by atoms with E-state index >= 15 is 0 Å². The minimum atomic E-state index is -3.57. The lowest BCUT2D eigenvalue weighted by molar-refractivity contribution is 0.252. The van der Waals surface area contributed by atoms with Crippen LogP contribution in [0.4, 0.5) is 0 Å². The molecule has 0 radical (unpaired) electrons. The average Bonchev–Trinajstić information content (AvgIpc) is 2.28. The van der Waals surface area contributed by atoms with Crippen molar-refractivity contribution in [2.45, 2.75) is 36.6 Å². The number of halogens is 3. The van der Waals surface area contributed by atoms with Gasteiger partial charge in [-0.25, -0.2) is 13.1 Å². The number of alkyl halides is 1. The van der Waals surface area contributed by atoms with Crippen LogP contribution in [0, 0.1) is 6.92 Å². The molecule has 0 bridgehead atoms. The summed E-state index contributed by atoms with van der Waals surface area (Å²) in [5.74, 6) is 0.302. The minimum absolute atomic E-state index is 0.237. The van der Waals surface area contributed by atoms with Crippen LogP contribution in [0.25, 0.3) is 0 Å². The minimum Gasteiger partial charge on any atom is -0.207 e. The van der Waals surface area contributed by atoms with Gasteiger partial charge in [0, 0.05) is 20.4 Å². The largest absolute Gasteiger partial charge is 0.242 e. The highest BCUT2D eigenvalue weighted by Crippen LogP contribution is 2.36. The van der Waals surface area contributed by atoms with Crippen LogP contribution in [-0.4, -0.2) is 19.8 Å². The Morgan fingerprint density at radius 1 is 1.32 bits per heavy atom. The molecular weight excluding hydrogens is 417 g/mol. The molecular formula is C12H14Br2ClNO2S. The molecule has 1 aliphatic carbocycles. The molecule has 0 heterocycles. The number of sulfonamides is 1. The molecule has 106 valence electrons. The first-order chi connectivity index (χ1) is 8.80. The van der Waals surface area contributed by atoms with Crippen molar-refractivity contribution >= 4 is 53.5 Å². The van der Waals surface area contributed by atoms with E-state index in [0.29, 0.717) is 10.4 Å². The highest BCUT2D eigenvalue weighted by atomic mass is 79.9. The van der Waals surface area contributed by atoms with Crippen molar-refractivity contribution < 1.29 is 8.42 Å². The first-order valence-electron chi connectivity index (χ1n) is 5.85. The number of aryl methyl sites for hydroxylation is 1. The monoisotopic (exact) mass is 429 g/mol. The molecule has 0 amide bonds. The normalized spacial score (nSPS) is 18.1. The van der Waals surface area contributed by atoms with E-state index in [1.165, 1.54) is 0 Å². The summed E-state index contributed by atoms with van der Waals surface area (Å²) in [4.78, 5) is 0.237. The maximum atomic E-state index is 12.5. The molecule has 2 rings (SSSR count). The summed E-state index contributed by atoms with van der Waals surface area (Å²) < 4.78 is 29.0. The van der Waals surface area contributed by atoms with Crippen LogP contribution in [0.3, 0.4) is 0 Å². The topological polar surface area (TPSA) is 46.2 Å². The Labute approximate surface area is 135 Å². The fraction of sp³-hybridized carbons (Fsp3) is 0.500. The summed E-state index contributed by atoms with van der Waals surface area (Å²) in [7, 11) is -3.57. The van der Waals surface area contributed by atoms with Gasteiger partial charge in [-0.3, -0.25) is 0 Å². The molecule has 7 heteroatoms. The molecule has 1 aliphatic rings. The Kier molecular flexibility index (Phi) is 4.68. The Balaban J connectivity index is 2.37. The first-order valence-corrected chi connectivity index (χ1v) is 9.46. The molecule has 1 aromatic carbocycles. The van der Waals surface area contributed by atoms with E-state index < -0.39 is 15.6 Å². The predicted octanol–water partition coefficient (Wildman–Crippen LogP) is 3.96. The smallest absolute Gasteiger partial charge is 0.207 e. The third-order valence-electron chi connectivity index (χ3n) is 3.42. The molecule has 0 unspecified atom stereocenters. The summed E-state index contributed by atoms with van der Waals surface area (Å²) in [5.41, 5.74) is 0.499. The van der Waals surface area contributed by atoms with Gasteiger partial charge in [0.1, 0.15) is 0 Å². The molecule has 19 heavy (non-hydrogen) atoms. The second-order valence-corrected chi connectivity index (χ2v) is 8.53. The molecule has 1 saturated carbocycles. The second-order valence-electron chi connectivity index (χ2n) is 4.90. The Bertz CT molecular complexity index is 594. The maximum absolute atomic E-state index is 12.5. The quantitative estimate of drug-likeness (QED) is 0.734. The molecule has 0 atom stereocenters. The molecule has 0 aromatic heterocycles. The van der Waals surface area contributed by atoms with Crippen molar-refractivity contribution in [1.29, 1.82) is 0 Å². The Morgan fingerprint density at radius 2 is 1.95 bits per heavy atom. The van der Waals surface area contributed by atoms with Crippen LogP contribution < -0.4 is 4.72 Å². The van der Waals surface area contributed by atoms with Gasteiger partial charge in [-0.05, 0) is 59.8 Å². The number of nitrogens with one attached hydrogen (secondary N) is 1. The van der Waals surface area contributed by atoms with Crippen molar-refractivity contribution in [3.8, 4) is 0 Å². The maximum Gasteiger partial charge on any atom is 0.242 e. The number of rotatable bonds is 4. The van der Waals surface area contributed by atoms with Gasteiger partial charge in [-0.1, -0.05) is 15.9 Å². The van der Waals surface area contributed by atoms with E-state index in [-0.39, 0.29) is 4.90 Å². The fourth-order valence-corrected chi connectivity index (χ4v) is 5.59. The van der Waals surface area contributed by atoms with Gasteiger partial charge in [-0.15, -0.1) is 11.6 Å². The number of hydrogen-bond donors (Lipinski definition) is 1. The van der Waals surface area contributed by atoms with Gasteiger partial charge in [0.25, 0.3) is 0 Å². The van der Waals surface area contributed by atoms with Crippen LogP contribution in [0.5, 0.6) is 0 Å². The van der Waals surface area contributed by atoms with Crippen molar-refractivity contribution in [3.05, 3.63) is 26.6 Å². The zero-order valence-electron chi connectivity index (χ0n) is 10.3. The van der Waals surface area contributed by atoms with E-state index in [0.717, 1.165) is 29.3 Å². The van der Waals surface area contributed by atoms with E-state index in [9.17, 15) is 8.42 Å². The van der Waals surface area contributed by atoms with Gasteiger partial charge < -0.3 is 0 Å². The number of hydrogen-bond acceptors (Lipinski definition) is 2. The molecule has 1 N–H and O–H groups in total. The zero-order valence-corrected chi connectivity index (χ0v) is 15.1. The van der Waals surface area contributed by atoms with Gasteiger partial charge in [-0.2, -0.15) is 0 Å². The van der Waals surface area contributed by atoms with Gasteiger partial charge in [0.05, 0.1) is 4.90 Å². The second kappa shape index (κ2) is 5.64. The summed E-state index contributed by atoms with van der Waals surface area (Å²) in [6.07, 6.45) is 2.59. The highest BCUT2D eigenvalue weighted by Gasteiger charge is 2.40. The lowest BCUT2D eigenvalue weighted by atomic mass is 9.79. The van der Waals surface area contributed by atoms with E-state index in [2.05, 4.69) is 36.6 Å². The van der Waals surface area contributed by atoms with Crippen molar-refractivity contribution in [2.24, 2.45) is 0 Å². The van der Waals surface area contributed by atoms with E-state index in [1.807, 2.05) is 6.92 Å². The van der Waals surface area contributed by atoms with Crippen molar-refractivity contribution in [1.82, 2.24) is 4.72 Å². The van der Waals surface area contributed by atoms with Gasteiger partial charge in [0.15, 0.2) is 0 Å². The van der Waals surface area contributed by atoms with Crippen LogP contribution >= 0.6 is 43.5 Å².